The minimum atomic E-state index is -4.47. The maximum atomic E-state index is 12.9. The van der Waals surface area contributed by atoms with Gasteiger partial charge in [-0.15, -0.1) is 0 Å². The summed E-state index contributed by atoms with van der Waals surface area (Å²) >= 11 is 0. The van der Waals surface area contributed by atoms with E-state index in [1.165, 1.54) is 6.92 Å². The van der Waals surface area contributed by atoms with Crippen molar-refractivity contribution in [2.75, 3.05) is 6.61 Å². The van der Waals surface area contributed by atoms with Crippen molar-refractivity contribution >= 4 is 0 Å². The summed E-state index contributed by atoms with van der Waals surface area (Å²) in [5, 5.41) is 0. The zero-order valence-electron chi connectivity index (χ0n) is 12.2. The number of pyridine rings is 1. The van der Waals surface area contributed by atoms with Gasteiger partial charge in [0.1, 0.15) is 17.9 Å². The highest BCUT2D eigenvalue weighted by atomic mass is 19.4. The largest absolute Gasteiger partial charge is 0.489 e. The van der Waals surface area contributed by atoms with Crippen molar-refractivity contribution in [3.8, 4) is 5.75 Å². The molecule has 0 aliphatic rings. The average Bonchev–Trinajstić information content (AvgIpc) is 2.24. The van der Waals surface area contributed by atoms with Crippen molar-refractivity contribution in [3.05, 3.63) is 23.5 Å². The number of nitrogens with zero attached hydrogens (tertiary/aromatic N) is 1. The van der Waals surface area contributed by atoms with E-state index in [0.717, 1.165) is 12.3 Å². The van der Waals surface area contributed by atoms with Gasteiger partial charge in [0.05, 0.1) is 6.20 Å². The minimum absolute atomic E-state index is 0.0129. The van der Waals surface area contributed by atoms with Crippen LogP contribution in [0.25, 0.3) is 0 Å². The first-order chi connectivity index (χ1) is 9.01. The van der Waals surface area contributed by atoms with Crippen molar-refractivity contribution < 1.29 is 17.9 Å². The number of hydrogen-bond acceptors (Lipinski definition) is 3. The molecule has 3 nitrogen and oxygen atoms in total. The van der Waals surface area contributed by atoms with Crippen LogP contribution < -0.4 is 10.5 Å². The lowest BCUT2D eigenvalue weighted by molar-refractivity contribution is -0.139. The van der Waals surface area contributed by atoms with E-state index in [2.05, 4.69) is 4.98 Å². The van der Waals surface area contributed by atoms with E-state index in [0.29, 0.717) is 18.0 Å². The van der Waals surface area contributed by atoms with Gasteiger partial charge in [-0.1, -0.05) is 13.8 Å². The third-order valence-electron chi connectivity index (χ3n) is 2.74. The Morgan fingerprint density at radius 3 is 2.45 bits per heavy atom. The van der Waals surface area contributed by atoms with Crippen molar-refractivity contribution in [1.29, 1.82) is 0 Å². The van der Waals surface area contributed by atoms with Crippen LogP contribution >= 0.6 is 0 Å². The van der Waals surface area contributed by atoms with Gasteiger partial charge in [0, 0.05) is 11.2 Å². The molecule has 0 bridgehead atoms. The van der Waals surface area contributed by atoms with Crippen molar-refractivity contribution in [1.82, 2.24) is 4.98 Å². The predicted octanol–water partition coefficient (Wildman–Crippen LogP) is 3.55. The van der Waals surface area contributed by atoms with Crippen LogP contribution in [-0.4, -0.2) is 17.1 Å². The Morgan fingerprint density at radius 1 is 1.35 bits per heavy atom. The third-order valence-corrected chi connectivity index (χ3v) is 2.74. The number of halogens is 3. The molecule has 1 atom stereocenters. The Balaban J connectivity index is 2.88. The summed E-state index contributed by atoms with van der Waals surface area (Å²) in [6.07, 6.45) is -2.71. The van der Waals surface area contributed by atoms with Crippen LogP contribution in [0.4, 0.5) is 13.2 Å². The lowest BCUT2D eigenvalue weighted by Crippen LogP contribution is -2.43. The molecule has 0 fully saturated rings. The van der Waals surface area contributed by atoms with Crippen LogP contribution in [0.3, 0.4) is 0 Å². The van der Waals surface area contributed by atoms with Crippen LogP contribution in [0.1, 0.15) is 38.4 Å². The summed E-state index contributed by atoms with van der Waals surface area (Å²) in [7, 11) is 0. The van der Waals surface area contributed by atoms with Crippen LogP contribution in [0.2, 0.25) is 0 Å². The van der Waals surface area contributed by atoms with Gasteiger partial charge in [-0.2, -0.15) is 13.2 Å². The first kappa shape index (κ1) is 16.8. The number of hydrogen-bond donors (Lipinski definition) is 1. The fourth-order valence-corrected chi connectivity index (χ4v) is 2.12. The highest BCUT2D eigenvalue weighted by Gasteiger charge is 2.35. The second-order valence-electron chi connectivity index (χ2n) is 5.86. The van der Waals surface area contributed by atoms with Gasteiger partial charge < -0.3 is 10.5 Å². The Morgan fingerprint density at radius 2 is 1.95 bits per heavy atom. The zero-order chi connectivity index (χ0) is 15.6. The first-order valence-corrected chi connectivity index (χ1v) is 6.47. The third kappa shape index (κ3) is 5.00. The second-order valence-corrected chi connectivity index (χ2v) is 5.86. The summed E-state index contributed by atoms with van der Waals surface area (Å²) < 4.78 is 44.0. The lowest BCUT2D eigenvalue weighted by Gasteiger charge is -2.27. The van der Waals surface area contributed by atoms with Crippen molar-refractivity contribution in [2.24, 2.45) is 11.7 Å². The van der Waals surface area contributed by atoms with Crippen molar-refractivity contribution in [3.63, 3.8) is 0 Å². The highest BCUT2D eigenvalue weighted by molar-refractivity contribution is 5.34. The molecular weight excluding hydrogens is 269 g/mol. The SMILES string of the molecule is Cc1cc(C(F)(F)F)c(OC[C@@](C)(N)CC(C)C)cn1. The van der Waals surface area contributed by atoms with Gasteiger partial charge in [-0.25, -0.2) is 0 Å². The summed E-state index contributed by atoms with van der Waals surface area (Å²) in [5.41, 5.74) is 4.83. The predicted molar refractivity (Wildman–Crippen MR) is 71.5 cm³/mol. The molecule has 0 unspecified atom stereocenters. The molecule has 0 aliphatic heterocycles. The topological polar surface area (TPSA) is 48.1 Å². The Bertz CT molecular complexity index is 456. The van der Waals surface area contributed by atoms with E-state index in [1.807, 2.05) is 13.8 Å². The van der Waals surface area contributed by atoms with E-state index < -0.39 is 17.3 Å². The quantitative estimate of drug-likeness (QED) is 0.902. The van der Waals surface area contributed by atoms with Gasteiger partial charge >= 0.3 is 6.18 Å². The molecule has 0 saturated heterocycles. The number of ether oxygens (including phenoxy) is 1. The molecular formula is C14H21F3N2O. The molecule has 2 N–H and O–H groups in total. The minimum Gasteiger partial charge on any atom is -0.489 e. The number of nitrogens with two attached hydrogens (primary N) is 1. The highest BCUT2D eigenvalue weighted by Crippen LogP contribution is 2.36. The number of aryl methyl sites for hydroxylation is 1. The van der Waals surface area contributed by atoms with Crippen LogP contribution in [0.15, 0.2) is 12.3 Å². The summed E-state index contributed by atoms with van der Waals surface area (Å²) in [6, 6.07) is 0.978. The Kier molecular flexibility index (Phi) is 5.02. The smallest absolute Gasteiger partial charge is 0.420 e. The Hall–Kier alpha value is -1.30. The summed E-state index contributed by atoms with van der Waals surface area (Å²) in [4.78, 5) is 3.85. The zero-order valence-corrected chi connectivity index (χ0v) is 12.2. The average molecular weight is 290 g/mol. The maximum Gasteiger partial charge on any atom is 0.420 e. The van der Waals surface area contributed by atoms with Gasteiger partial charge in [0.15, 0.2) is 0 Å². The van der Waals surface area contributed by atoms with Crippen LogP contribution in [-0.2, 0) is 6.18 Å². The molecule has 0 spiro atoms. The Labute approximate surface area is 117 Å². The number of aromatic nitrogens is 1. The fourth-order valence-electron chi connectivity index (χ4n) is 2.12. The van der Waals surface area contributed by atoms with Gasteiger partial charge in [-0.05, 0) is 32.3 Å². The standard InChI is InChI=1S/C14H21F3N2O/c1-9(2)6-13(4,18)8-20-12-7-19-10(3)5-11(12)14(15,16)17/h5,7,9H,6,8,18H2,1-4H3/t13-/m0/s1. The van der Waals surface area contributed by atoms with E-state index in [9.17, 15) is 13.2 Å². The normalized spacial score (nSPS) is 15.2. The molecule has 1 aromatic rings. The fraction of sp³-hybridized carbons (Fsp3) is 0.643. The molecule has 0 aromatic carbocycles. The molecule has 1 rings (SSSR count). The van der Waals surface area contributed by atoms with Gasteiger partial charge in [0.25, 0.3) is 0 Å². The maximum absolute atomic E-state index is 12.9. The number of rotatable bonds is 5. The van der Waals surface area contributed by atoms with E-state index in [-0.39, 0.29) is 12.4 Å². The van der Waals surface area contributed by atoms with E-state index in [4.69, 9.17) is 10.5 Å². The monoisotopic (exact) mass is 290 g/mol. The second kappa shape index (κ2) is 5.99. The van der Waals surface area contributed by atoms with Gasteiger partial charge in [-0.3, -0.25) is 4.98 Å². The van der Waals surface area contributed by atoms with E-state index in [1.54, 1.807) is 6.92 Å². The van der Waals surface area contributed by atoms with Crippen LogP contribution in [0, 0.1) is 12.8 Å². The molecule has 1 heterocycles. The molecule has 1 aromatic heterocycles. The number of alkyl halides is 3. The van der Waals surface area contributed by atoms with E-state index >= 15 is 0 Å². The van der Waals surface area contributed by atoms with Gasteiger partial charge in [0.2, 0.25) is 0 Å². The van der Waals surface area contributed by atoms with Crippen LogP contribution in [0.5, 0.6) is 5.75 Å². The molecule has 6 heteroatoms. The molecule has 114 valence electrons. The molecule has 20 heavy (non-hydrogen) atoms. The summed E-state index contributed by atoms with van der Waals surface area (Å²) in [5.74, 6) is 0.0651. The lowest BCUT2D eigenvalue weighted by atomic mass is 9.93. The summed E-state index contributed by atoms with van der Waals surface area (Å²) in [6.45, 7) is 7.28. The molecule has 0 saturated carbocycles. The van der Waals surface area contributed by atoms with Crippen molar-refractivity contribution in [2.45, 2.75) is 45.8 Å². The molecule has 0 aliphatic carbocycles. The molecule has 0 radical (unpaired) electrons. The molecule has 0 amide bonds. The first-order valence-electron chi connectivity index (χ1n) is 6.47.